The zero-order valence-corrected chi connectivity index (χ0v) is 32.5. The van der Waals surface area contributed by atoms with E-state index in [9.17, 15) is 19.2 Å². The van der Waals surface area contributed by atoms with Gasteiger partial charge in [-0.2, -0.15) is 0 Å². The number of hydrogen-bond acceptors (Lipinski definition) is 9. The molecule has 0 bridgehead atoms. The number of nitrogens with one attached hydrogen (secondary N) is 3. The quantitative estimate of drug-likeness (QED) is 0.130. The first kappa shape index (κ1) is 38.8. The molecule has 7 rings (SSSR count). The molecule has 57 heavy (non-hydrogen) atoms. The lowest BCUT2D eigenvalue weighted by atomic mass is 10.0. The minimum atomic E-state index is -0.966. The molecule has 2 aliphatic rings. The van der Waals surface area contributed by atoms with E-state index in [1.165, 1.54) is 7.11 Å². The second kappa shape index (κ2) is 16.7. The van der Waals surface area contributed by atoms with Gasteiger partial charge in [0.25, 0.3) is 5.91 Å². The Morgan fingerprint density at radius 3 is 1.77 bits per heavy atom. The number of amides is 4. The molecule has 3 aromatic heterocycles. The minimum Gasteiger partial charge on any atom is -0.453 e. The van der Waals surface area contributed by atoms with Crippen LogP contribution in [0.1, 0.15) is 69.0 Å². The molecule has 298 valence electrons. The van der Waals surface area contributed by atoms with Crippen molar-refractivity contribution in [3.8, 4) is 33.6 Å². The number of aryl methyl sites for hydroxylation is 1. The highest BCUT2D eigenvalue weighted by atomic mass is 16.6. The van der Waals surface area contributed by atoms with Crippen LogP contribution >= 0.6 is 0 Å². The fraction of sp³-hybridized carbons (Fsp3) is 0.390. The molecule has 2 fully saturated rings. The number of hydrogen-bond donors (Lipinski definition) is 4. The molecule has 4 atom stereocenters. The van der Waals surface area contributed by atoms with Gasteiger partial charge in [0.1, 0.15) is 17.7 Å². The Labute approximate surface area is 330 Å². The van der Waals surface area contributed by atoms with Gasteiger partial charge < -0.3 is 44.9 Å². The summed E-state index contributed by atoms with van der Waals surface area (Å²) in [4.78, 5) is 74.8. The van der Waals surface area contributed by atoms with Crippen LogP contribution in [0.25, 0.3) is 33.6 Å². The molecular formula is C41H48N10O6. The van der Waals surface area contributed by atoms with E-state index in [-0.39, 0.29) is 36.2 Å². The Morgan fingerprint density at radius 1 is 0.807 bits per heavy atom. The molecule has 16 nitrogen and oxygen atoms in total. The number of alkyl carbamates (subject to hydrolysis) is 1. The van der Waals surface area contributed by atoms with Gasteiger partial charge >= 0.3 is 12.2 Å². The number of rotatable bonds is 12. The Morgan fingerprint density at radius 2 is 1.32 bits per heavy atom. The molecule has 1 unspecified atom stereocenters. The molecule has 5 aromatic rings. The number of carbonyl (C=O) groups excluding carboxylic acids is 4. The second-order valence-corrected chi connectivity index (χ2v) is 14.9. The highest BCUT2D eigenvalue weighted by molar-refractivity contribution is 5.86. The number of ether oxygens (including phenoxy) is 2. The van der Waals surface area contributed by atoms with Crippen LogP contribution < -0.4 is 11.1 Å². The molecule has 0 aliphatic carbocycles. The molecule has 16 heteroatoms. The first-order chi connectivity index (χ1) is 27.5. The third-order valence-corrected chi connectivity index (χ3v) is 10.8. The van der Waals surface area contributed by atoms with Gasteiger partial charge in [-0.05, 0) is 53.9 Å². The van der Waals surface area contributed by atoms with Gasteiger partial charge in [-0.15, -0.1) is 0 Å². The van der Waals surface area contributed by atoms with Gasteiger partial charge in [0.05, 0.1) is 49.3 Å². The fourth-order valence-electron chi connectivity index (χ4n) is 7.77. The number of nitrogens with two attached hydrogens (primary N) is 1. The maximum absolute atomic E-state index is 13.9. The van der Waals surface area contributed by atoms with E-state index in [2.05, 4.69) is 49.5 Å². The molecular weight excluding hydrogens is 729 g/mol. The number of aromatic nitrogens is 6. The predicted octanol–water partition coefficient (Wildman–Crippen LogP) is 5.28. The van der Waals surface area contributed by atoms with Crippen molar-refractivity contribution in [2.45, 2.75) is 70.2 Å². The lowest BCUT2D eigenvalue weighted by Gasteiger charge is -2.29. The van der Waals surface area contributed by atoms with Crippen LogP contribution in [-0.2, 0) is 32.5 Å². The number of H-pyrrole nitrogens is 2. The molecule has 5 N–H and O–H groups in total. The Balaban J connectivity index is 1.00. The topological polar surface area (TPSA) is 206 Å². The van der Waals surface area contributed by atoms with Crippen LogP contribution in [0.15, 0.2) is 73.4 Å². The SMILES string of the molecule is COC(=O)N[C@@H](Cc1cncn1C)C(=O)N1CCCC1c1ncc(-c2ccc(-c3ccc(-c4cnc([C@@H]5CCCN5C(=O)[C@@H](OC(N)=O)C(C)C)[nH]4)cc3)cc2)[nH]1. The number of primary amides is 1. The van der Waals surface area contributed by atoms with Gasteiger partial charge in [0.2, 0.25) is 5.91 Å². The van der Waals surface area contributed by atoms with Gasteiger partial charge in [-0.25, -0.2) is 24.5 Å². The normalized spacial score (nSPS) is 17.8. The highest BCUT2D eigenvalue weighted by Crippen LogP contribution is 2.35. The molecule has 2 aromatic carbocycles. The van der Waals surface area contributed by atoms with Crippen molar-refractivity contribution in [2.75, 3.05) is 20.2 Å². The number of carbonyl (C=O) groups is 4. The summed E-state index contributed by atoms with van der Waals surface area (Å²) in [6, 6.07) is 15.0. The van der Waals surface area contributed by atoms with Crippen molar-refractivity contribution in [1.29, 1.82) is 0 Å². The Hall–Kier alpha value is -6.45. The number of likely N-dealkylation sites (tertiary alicyclic amines) is 2. The summed E-state index contributed by atoms with van der Waals surface area (Å²) >= 11 is 0. The highest BCUT2D eigenvalue weighted by Gasteiger charge is 2.39. The largest absolute Gasteiger partial charge is 0.453 e. The lowest BCUT2D eigenvalue weighted by molar-refractivity contribution is -0.143. The Bertz CT molecular complexity index is 2210. The number of imidazole rings is 3. The molecule has 2 saturated heterocycles. The van der Waals surface area contributed by atoms with E-state index in [1.807, 2.05) is 49.7 Å². The first-order valence-corrected chi connectivity index (χ1v) is 19.2. The maximum Gasteiger partial charge on any atom is 0.407 e. The van der Waals surface area contributed by atoms with Crippen molar-refractivity contribution in [2.24, 2.45) is 18.7 Å². The zero-order valence-electron chi connectivity index (χ0n) is 32.5. The van der Waals surface area contributed by atoms with Crippen LogP contribution in [0, 0.1) is 5.92 Å². The van der Waals surface area contributed by atoms with E-state index >= 15 is 0 Å². The lowest BCUT2D eigenvalue weighted by Crippen LogP contribution is -2.49. The minimum absolute atomic E-state index is 0.202. The number of methoxy groups -OCH3 is 1. The van der Waals surface area contributed by atoms with Gasteiger partial charge in [0, 0.05) is 38.4 Å². The summed E-state index contributed by atoms with van der Waals surface area (Å²) in [7, 11) is 3.12. The van der Waals surface area contributed by atoms with Gasteiger partial charge in [0.15, 0.2) is 6.10 Å². The van der Waals surface area contributed by atoms with Crippen molar-refractivity contribution >= 4 is 24.0 Å². The van der Waals surface area contributed by atoms with E-state index in [4.69, 9.17) is 20.2 Å². The fourth-order valence-corrected chi connectivity index (χ4v) is 7.77. The van der Waals surface area contributed by atoms with Crippen molar-refractivity contribution in [3.63, 3.8) is 0 Å². The monoisotopic (exact) mass is 776 g/mol. The van der Waals surface area contributed by atoms with Crippen molar-refractivity contribution in [1.82, 2.24) is 44.6 Å². The summed E-state index contributed by atoms with van der Waals surface area (Å²) in [5, 5.41) is 2.71. The summed E-state index contributed by atoms with van der Waals surface area (Å²) in [6.07, 6.45) is 7.72. The summed E-state index contributed by atoms with van der Waals surface area (Å²) in [5.41, 5.74) is 11.7. The van der Waals surface area contributed by atoms with Crippen LogP contribution in [-0.4, -0.2) is 95.6 Å². The average molecular weight is 777 g/mol. The van der Waals surface area contributed by atoms with Crippen LogP contribution in [0.3, 0.4) is 0 Å². The number of nitrogens with zero attached hydrogens (tertiary/aromatic N) is 6. The van der Waals surface area contributed by atoms with E-state index in [0.717, 1.165) is 65.0 Å². The molecule has 4 amide bonds. The van der Waals surface area contributed by atoms with Crippen LogP contribution in [0.5, 0.6) is 0 Å². The molecule has 5 heterocycles. The molecule has 2 aliphatic heterocycles. The third-order valence-electron chi connectivity index (χ3n) is 10.8. The second-order valence-electron chi connectivity index (χ2n) is 14.9. The van der Waals surface area contributed by atoms with E-state index in [1.54, 1.807) is 34.7 Å². The van der Waals surface area contributed by atoms with Crippen molar-refractivity contribution < 1.29 is 28.7 Å². The smallest absolute Gasteiger partial charge is 0.407 e. The standard InChI is InChI=1S/C41H48N10O6/c1-24(2)35(57-40(42)54)39(53)51-18-6-8-34(51)37-45-22-32(47-37)28-15-11-26(12-16-28)25-9-13-27(14-10-25)31-21-44-36(46-31)33-7-5-17-50(33)38(52)30(48-41(55)56-4)19-29-20-43-23-49(29)3/h9-16,20-24,30,33-35H,5-8,17-19H2,1-4H3,(H2,42,54)(H,44,46)(H,45,47)(H,48,55)/t30-,33?,34-,35-/m0/s1. The summed E-state index contributed by atoms with van der Waals surface area (Å²) in [5.74, 6) is 0.690. The molecule has 0 radical (unpaired) electrons. The molecule has 0 spiro atoms. The van der Waals surface area contributed by atoms with E-state index in [0.29, 0.717) is 24.7 Å². The zero-order chi connectivity index (χ0) is 40.2. The maximum atomic E-state index is 13.9. The average Bonchev–Trinajstić information content (AvgIpc) is 4.06. The first-order valence-electron chi connectivity index (χ1n) is 19.2. The number of benzene rings is 2. The van der Waals surface area contributed by atoms with Crippen LogP contribution in [0.2, 0.25) is 0 Å². The third kappa shape index (κ3) is 8.39. The van der Waals surface area contributed by atoms with Gasteiger partial charge in [-0.1, -0.05) is 62.4 Å². The number of aromatic amines is 2. The van der Waals surface area contributed by atoms with E-state index < -0.39 is 24.3 Å². The van der Waals surface area contributed by atoms with Crippen molar-refractivity contribution in [3.05, 3.63) is 90.8 Å². The van der Waals surface area contributed by atoms with Gasteiger partial charge in [-0.3, -0.25) is 9.59 Å². The Kier molecular flexibility index (Phi) is 11.4. The molecule has 0 saturated carbocycles. The van der Waals surface area contributed by atoms with Crippen LogP contribution in [0.4, 0.5) is 9.59 Å². The predicted molar refractivity (Wildman–Crippen MR) is 210 cm³/mol. The summed E-state index contributed by atoms with van der Waals surface area (Å²) < 4.78 is 11.8. The summed E-state index contributed by atoms with van der Waals surface area (Å²) in [6.45, 7) is 4.74.